The van der Waals surface area contributed by atoms with Crippen LogP contribution < -0.4 is 30.7 Å². The monoisotopic (exact) mass is 646 g/mol. The molecule has 244 valence electrons. The molecule has 3 saturated heterocycles. The lowest BCUT2D eigenvalue weighted by Crippen LogP contribution is -2.43. The number of amides is 1. The van der Waals surface area contributed by atoms with Crippen molar-refractivity contribution in [2.24, 2.45) is 0 Å². The minimum absolute atomic E-state index is 0.0998. The predicted octanol–water partition coefficient (Wildman–Crippen LogP) is 3.76. The maximum Gasteiger partial charge on any atom is 0.318 e. The third kappa shape index (κ3) is 6.39. The maximum atomic E-state index is 12.5. The molecule has 12 heteroatoms. The van der Waals surface area contributed by atoms with Crippen LogP contribution in [0, 0.1) is 0 Å². The highest BCUT2D eigenvalue weighted by atomic mass is 35.5. The number of nitrogens with one attached hydrogen (secondary N) is 3. The number of hydrogen-bond acceptors (Lipinski definition) is 10. The van der Waals surface area contributed by atoms with Gasteiger partial charge < -0.3 is 19.9 Å². The number of likely N-dealkylation sites (N-methyl/N-ethyl adjacent to an activating group) is 1. The molecule has 3 fully saturated rings. The number of anilines is 2. The van der Waals surface area contributed by atoms with E-state index >= 15 is 0 Å². The summed E-state index contributed by atoms with van der Waals surface area (Å²) in [5, 5.41) is 9.07. The van der Waals surface area contributed by atoms with Gasteiger partial charge in [-0.05, 0) is 75.7 Å². The number of aromatic nitrogens is 2. The molecule has 0 bridgehead atoms. The molecule has 2 aromatic carbocycles. The van der Waals surface area contributed by atoms with Gasteiger partial charge in [0.1, 0.15) is 24.8 Å². The second-order valence-corrected chi connectivity index (χ2v) is 13.3. The number of fused-ring (bicyclic) bond motifs is 3. The van der Waals surface area contributed by atoms with Crippen LogP contribution in [0.4, 0.5) is 11.5 Å². The second kappa shape index (κ2) is 13.3. The van der Waals surface area contributed by atoms with Crippen LogP contribution in [-0.4, -0.2) is 85.1 Å². The van der Waals surface area contributed by atoms with Crippen molar-refractivity contribution in [3.8, 4) is 6.01 Å². The minimum Gasteiger partial charge on any atom is -0.461 e. The quantitative estimate of drug-likeness (QED) is 0.282. The van der Waals surface area contributed by atoms with Crippen LogP contribution in [0.25, 0.3) is 10.8 Å². The molecule has 4 aliphatic heterocycles. The Morgan fingerprint density at radius 3 is 2.78 bits per heavy atom. The fourth-order valence-electron chi connectivity index (χ4n) is 7.46. The van der Waals surface area contributed by atoms with E-state index in [1.807, 2.05) is 26.1 Å². The molecule has 0 radical (unpaired) electrons. The molecule has 0 aliphatic carbocycles. The highest BCUT2D eigenvalue weighted by Crippen LogP contribution is 2.40. The Kier molecular flexibility index (Phi) is 9.02. The van der Waals surface area contributed by atoms with Crippen molar-refractivity contribution in [2.75, 3.05) is 56.2 Å². The van der Waals surface area contributed by atoms with Crippen LogP contribution in [0.3, 0.4) is 0 Å². The normalized spacial score (nSPS) is 22.4. The largest absolute Gasteiger partial charge is 0.461 e. The van der Waals surface area contributed by atoms with Gasteiger partial charge in [-0.2, -0.15) is 15.4 Å². The highest BCUT2D eigenvalue weighted by molar-refractivity contribution is 6.36. The van der Waals surface area contributed by atoms with E-state index < -0.39 is 0 Å². The van der Waals surface area contributed by atoms with Gasteiger partial charge in [-0.15, -0.1) is 0 Å². The van der Waals surface area contributed by atoms with Crippen LogP contribution in [0.2, 0.25) is 5.02 Å². The summed E-state index contributed by atoms with van der Waals surface area (Å²) >= 11 is 6.72. The molecule has 1 amide bonds. The van der Waals surface area contributed by atoms with E-state index in [9.17, 15) is 4.79 Å². The Bertz CT molecular complexity index is 1600. The molecule has 5 heterocycles. The fraction of sp³-hybridized carbons (Fsp3) is 0.500. The lowest BCUT2D eigenvalue weighted by atomic mass is 9.95. The Balaban J connectivity index is 1.10. The Labute approximate surface area is 275 Å². The molecule has 1 aromatic heterocycles. The number of rotatable bonds is 10. The van der Waals surface area contributed by atoms with Crippen molar-refractivity contribution in [2.45, 2.75) is 63.5 Å². The zero-order valence-electron chi connectivity index (χ0n) is 26.6. The number of carbonyl (C=O) groups excluding carboxylic acids is 1. The number of halogens is 1. The first-order valence-corrected chi connectivity index (χ1v) is 16.8. The van der Waals surface area contributed by atoms with E-state index in [0.29, 0.717) is 32.3 Å². The number of carbonyl (C=O) groups is 1. The summed E-state index contributed by atoms with van der Waals surface area (Å²) in [5.74, 6) is 0.699. The second-order valence-electron chi connectivity index (χ2n) is 12.8. The van der Waals surface area contributed by atoms with Crippen molar-refractivity contribution in [3.05, 3.63) is 64.8 Å². The van der Waals surface area contributed by atoms with Crippen LogP contribution in [-0.2, 0) is 22.6 Å². The van der Waals surface area contributed by atoms with Gasteiger partial charge in [-0.1, -0.05) is 35.9 Å². The number of benzene rings is 2. The Hall–Kier alpha value is -3.48. The average molecular weight is 647 g/mol. The van der Waals surface area contributed by atoms with Crippen LogP contribution in [0.15, 0.2) is 48.6 Å². The molecular formula is C34H43ClN8O3. The topological polar surface area (TPSA) is 107 Å². The minimum atomic E-state index is -0.195. The van der Waals surface area contributed by atoms with Crippen molar-refractivity contribution >= 4 is 39.8 Å². The summed E-state index contributed by atoms with van der Waals surface area (Å²) in [5.41, 5.74) is 6.13. The summed E-state index contributed by atoms with van der Waals surface area (Å²) in [6.45, 7) is 7.28. The highest BCUT2D eigenvalue weighted by Gasteiger charge is 2.45. The van der Waals surface area contributed by atoms with E-state index in [0.717, 1.165) is 77.5 Å². The van der Waals surface area contributed by atoms with Crippen molar-refractivity contribution in [1.29, 1.82) is 0 Å². The maximum absolute atomic E-state index is 12.5. The van der Waals surface area contributed by atoms with Gasteiger partial charge in [0, 0.05) is 49.4 Å². The molecular weight excluding hydrogens is 604 g/mol. The molecule has 7 rings (SSSR count). The molecule has 46 heavy (non-hydrogen) atoms. The summed E-state index contributed by atoms with van der Waals surface area (Å²) in [7, 11) is 2.02. The van der Waals surface area contributed by atoms with Gasteiger partial charge in [-0.3, -0.25) is 19.8 Å². The van der Waals surface area contributed by atoms with Crippen molar-refractivity contribution in [1.82, 2.24) is 31.0 Å². The van der Waals surface area contributed by atoms with Crippen molar-refractivity contribution < 1.29 is 14.4 Å². The van der Waals surface area contributed by atoms with Crippen molar-refractivity contribution in [3.63, 3.8) is 0 Å². The third-order valence-corrected chi connectivity index (χ3v) is 10.1. The van der Waals surface area contributed by atoms with Gasteiger partial charge in [0.15, 0.2) is 0 Å². The van der Waals surface area contributed by atoms with Crippen LogP contribution in [0.5, 0.6) is 6.01 Å². The number of hydrogen-bond donors (Lipinski definition) is 3. The number of hydroxylamine groups is 1. The number of ether oxygens (including phenoxy) is 1. The first-order valence-electron chi connectivity index (χ1n) is 16.4. The van der Waals surface area contributed by atoms with Gasteiger partial charge in [-0.25, -0.2) is 0 Å². The van der Waals surface area contributed by atoms with Crippen LogP contribution in [0.1, 0.15) is 43.9 Å². The predicted molar refractivity (Wildman–Crippen MR) is 180 cm³/mol. The van der Waals surface area contributed by atoms with E-state index in [1.165, 1.54) is 18.9 Å². The number of nitrogens with zero attached hydrogens (tertiary/aromatic N) is 5. The lowest BCUT2D eigenvalue weighted by Gasteiger charge is -2.34. The summed E-state index contributed by atoms with van der Waals surface area (Å²) in [6.07, 6.45) is 8.50. The molecule has 0 saturated carbocycles. The first kappa shape index (κ1) is 31.1. The van der Waals surface area contributed by atoms with Crippen LogP contribution >= 0.6 is 11.6 Å². The molecule has 2 unspecified atom stereocenters. The zero-order valence-corrected chi connectivity index (χ0v) is 27.4. The molecule has 0 spiro atoms. The summed E-state index contributed by atoms with van der Waals surface area (Å²) in [6, 6.07) is 12.8. The molecule has 4 aliphatic rings. The Morgan fingerprint density at radius 2 is 2.00 bits per heavy atom. The fourth-order valence-corrected chi connectivity index (χ4v) is 7.74. The van der Waals surface area contributed by atoms with Gasteiger partial charge in [0.2, 0.25) is 5.91 Å². The average Bonchev–Trinajstić information content (AvgIpc) is 3.78. The third-order valence-electron chi connectivity index (χ3n) is 9.81. The first-order chi connectivity index (χ1) is 22.4. The van der Waals surface area contributed by atoms with E-state index in [-0.39, 0.29) is 23.8 Å². The lowest BCUT2D eigenvalue weighted by molar-refractivity contribution is -0.116. The van der Waals surface area contributed by atoms with Gasteiger partial charge in [0.05, 0.1) is 22.8 Å². The standard InChI is InChI=1S/C34H43ClN8O3/c1-23-37-29(40-46-23)11-12-30(44)36-16-20-41(2)32-25-13-19-42(28-10-4-8-24-7-3-9-26(35)31(24)28)21-27(25)38-33(39-32)45-22-34-14-5-17-43(34)18-6-15-34/h3-4,7-12,23,29,37,40H,5-6,13-22H2,1-2H3,(H,36,44)/b12-11+. The van der Waals surface area contributed by atoms with Gasteiger partial charge in [0.25, 0.3) is 0 Å². The summed E-state index contributed by atoms with van der Waals surface area (Å²) < 4.78 is 6.48. The Morgan fingerprint density at radius 1 is 1.20 bits per heavy atom. The van der Waals surface area contributed by atoms with E-state index in [1.54, 1.807) is 6.08 Å². The zero-order chi connectivity index (χ0) is 31.7. The smallest absolute Gasteiger partial charge is 0.318 e. The summed E-state index contributed by atoms with van der Waals surface area (Å²) in [4.78, 5) is 34.8. The molecule has 2 atom stereocenters. The van der Waals surface area contributed by atoms with Gasteiger partial charge >= 0.3 is 6.01 Å². The molecule has 3 aromatic rings. The molecule has 3 N–H and O–H groups in total. The van der Waals surface area contributed by atoms with E-state index in [2.05, 4.69) is 55.1 Å². The van der Waals surface area contributed by atoms with E-state index in [4.69, 9.17) is 31.1 Å². The molecule has 11 nitrogen and oxygen atoms in total. The SMILES string of the molecule is CC1NC(/C=C/C(=O)NCCN(C)c2nc(OCC34CCCN3CCC4)nc3c2CCN(c2cccc4cccc(Cl)c24)C3)NO1.